The number of hydrogen-bond donors (Lipinski definition) is 2. The van der Waals surface area contributed by atoms with Gasteiger partial charge in [0.25, 0.3) is 0 Å². The van der Waals surface area contributed by atoms with E-state index in [2.05, 4.69) is 5.48 Å². The highest BCUT2D eigenvalue weighted by atomic mass is 16.6. The molecule has 0 aromatic heterocycles. The van der Waals surface area contributed by atoms with Crippen LogP contribution in [-0.4, -0.2) is 17.3 Å². The summed E-state index contributed by atoms with van der Waals surface area (Å²) in [6, 6.07) is 9.98. The summed E-state index contributed by atoms with van der Waals surface area (Å²) in [6.45, 7) is 6.77. The molecule has 0 aliphatic heterocycles. The largest absolute Gasteiger partial charge is 0.390 e. The third kappa shape index (κ3) is 4.75. The molecule has 0 spiro atoms. The van der Waals surface area contributed by atoms with Crippen LogP contribution in [-0.2, 0) is 11.4 Å². The molecule has 0 aliphatic carbocycles. The Morgan fingerprint density at radius 2 is 1.94 bits per heavy atom. The van der Waals surface area contributed by atoms with E-state index in [1.165, 1.54) is 0 Å². The lowest BCUT2D eigenvalue weighted by molar-refractivity contribution is -0.0231. The fourth-order valence-corrected chi connectivity index (χ4v) is 1.14. The number of rotatable bonds is 6. The van der Waals surface area contributed by atoms with Gasteiger partial charge >= 0.3 is 0 Å². The van der Waals surface area contributed by atoms with E-state index >= 15 is 0 Å². The van der Waals surface area contributed by atoms with Gasteiger partial charge in [0.2, 0.25) is 0 Å². The number of hydroxylamine groups is 1. The molecule has 0 unspecified atom stereocenters. The summed E-state index contributed by atoms with van der Waals surface area (Å²) in [5, 5.41) is 9.71. The smallest absolute Gasteiger partial charge is 0.0933 e. The monoisotopic (exact) mass is 223 g/mol. The Morgan fingerprint density at radius 1 is 1.31 bits per heavy atom. The highest BCUT2D eigenvalue weighted by Crippen LogP contribution is 2.14. The Morgan fingerprint density at radius 3 is 2.50 bits per heavy atom. The van der Waals surface area contributed by atoms with Gasteiger partial charge in [-0.15, -0.1) is 0 Å². The fraction of sp³-hybridized carbons (Fsp3) is 0.538. The van der Waals surface area contributed by atoms with E-state index in [0.717, 1.165) is 5.56 Å². The SMILES string of the molecule is C[C@H](CNOCc1ccccc1)C(C)(C)O. The highest BCUT2D eigenvalue weighted by Gasteiger charge is 2.21. The molecular weight excluding hydrogens is 202 g/mol. The molecule has 0 fully saturated rings. The van der Waals surface area contributed by atoms with Crippen molar-refractivity contribution in [3.05, 3.63) is 35.9 Å². The molecule has 0 heterocycles. The Labute approximate surface area is 97.4 Å². The second kappa shape index (κ2) is 5.99. The number of nitrogens with one attached hydrogen (secondary N) is 1. The summed E-state index contributed by atoms with van der Waals surface area (Å²) in [5.41, 5.74) is 3.33. The lowest BCUT2D eigenvalue weighted by Crippen LogP contribution is -2.36. The van der Waals surface area contributed by atoms with E-state index in [1.54, 1.807) is 13.8 Å². The van der Waals surface area contributed by atoms with Crippen molar-refractivity contribution in [3.63, 3.8) is 0 Å². The molecule has 3 heteroatoms. The Balaban J connectivity index is 2.18. The van der Waals surface area contributed by atoms with Crippen LogP contribution in [0.4, 0.5) is 0 Å². The van der Waals surface area contributed by atoms with Gasteiger partial charge < -0.3 is 5.11 Å². The van der Waals surface area contributed by atoms with E-state index < -0.39 is 5.60 Å². The highest BCUT2D eigenvalue weighted by molar-refractivity contribution is 5.13. The van der Waals surface area contributed by atoms with Crippen LogP contribution < -0.4 is 5.48 Å². The first-order chi connectivity index (χ1) is 7.50. The summed E-state index contributed by atoms with van der Waals surface area (Å²) >= 11 is 0. The number of benzene rings is 1. The molecule has 0 aliphatic rings. The predicted octanol–water partition coefficient (Wildman–Crippen LogP) is 2.11. The molecule has 1 rings (SSSR count). The molecule has 90 valence electrons. The third-order valence-corrected chi connectivity index (χ3v) is 2.78. The summed E-state index contributed by atoms with van der Waals surface area (Å²) < 4.78 is 0. The van der Waals surface area contributed by atoms with Crippen LogP contribution in [0.1, 0.15) is 26.3 Å². The van der Waals surface area contributed by atoms with Crippen LogP contribution in [0.15, 0.2) is 30.3 Å². The van der Waals surface area contributed by atoms with Crippen LogP contribution in [0.3, 0.4) is 0 Å². The second-order valence-corrected chi connectivity index (χ2v) is 4.68. The average molecular weight is 223 g/mol. The van der Waals surface area contributed by atoms with Crippen LogP contribution in [0.2, 0.25) is 0 Å². The molecule has 0 amide bonds. The predicted molar refractivity (Wildman–Crippen MR) is 64.7 cm³/mol. The normalized spacial score (nSPS) is 13.8. The van der Waals surface area contributed by atoms with Gasteiger partial charge in [-0.2, -0.15) is 0 Å². The van der Waals surface area contributed by atoms with Crippen molar-refractivity contribution < 1.29 is 9.94 Å². The van der Waals surface area contributed by atoms with Gasteiger partial charge in [0.05, 0.1) is 12.2 Å². The Kier molecular flexibility index (Phi) is 4.93. The van der Waals surface area contributed by atoms with Crippen LogP contribution >= 0.6 is 0 Å². The summed E-state index contributed by atoms with van der Waals surface area (Å²) in [7, 11) is 0. The fourth-order valence-electron chi connectivity index (χ4n) is 1.14. The first kappa shape index (κ1) is 13.2. The minimum absolute atomic E-state index is 0.142. The first-order valence-electron chi connectivity index (χ1n) is 5.61. The second-order valence-electron chi connectivity index (χ2n) is 4.68. The van der Waals surface area contributed by atoms with Gasteiger partial charge in [-0.3, -0.25) is 4.84 Å². The van der Waals surface area contributed by atoms with Crippen LogP contribution in [0, 0.1) is 5.92 Å². The van der Waals surface area contributed by atoms with Crippen LogP contribution in [0.5, 0.6) is 0 Å². The minimum Gasteiger partial charge on any atom is -0.390 e. The standard InChI is InChI=1S/C13H21NO2/c1-11(13(2,3)15)9-14-16-10-12-7-5-4-6-8-12/h4-8,11,14-15H,9-10H2,1-3H3/t11-/m1/s1. The van der Waals surface area contributed by atoms with Gasteiger partial charge in [0, 0.05) is 6.54 Å². The summed E-state index contributed by atoms with van der Waals surface area (Å²) in [5.74, 6) is 0.142. The maximum absolute atomic E-state index is 9.71. The zero-order valence-electron chi connectivity index (χ0n) is 10.2. The van der Waals surface area contributed by atoms with Crippen molar-refractivity contribution in [2.24, 2.45) is 5.92 Å². The zero-order chi connectivity index (χ0) is 12.0. The van der Waals surface area contributed by atoms with E-state index in [9.17, 15) is 5.11 Å². The number of aliphatic hydroxyl groups is 1. The molecule has 0 bridgehead atoms. The molecule has 1 atom stereocenters. The van der Waals surface area contributed by atoms with E-state index in [1.807, 2.05) is 37.3 Å². The van der Waals surface area contributed by atoms with E-state index in [4.69, 9.17) is 4.84 Å². The van der Waals surface area contributed by atoms with Gasteiger partial charge in [-0.25, -0.2) is 5.48 Å². The van der Waals surface area contributed by atoms with Gasteiger partial charge in [-0.1, -0.05) is 37.3 Å². The summed E-state index contributed by atoms with van der Waals surface area (Å²) in [6.07, 6.45) is 0. The number of hydrogen-bond acceptors (Lipinski definition) is 3. The molecule has 2 N–H and O–H groups in total. The average Bonchev–Trinajstić information content (AvgIpc) is 2.24. The van der Waals surface area contributed by atoms with E-state index in [-0.39, 0.29) is 5.92 Å². The van der Waals surface area contributed by atoms with Gasteiger partial charge in [0.15, 0.2) is 0 Å². The Bertz CT molecular complexity index is 293. The van der Waals surface area contributed by atoms with Crippen molar-refractivity contribution in [2.75, 3.05) is 6.54 Å². The maximum Gasteiger partial charge on any atom is 0.0933 e. The molecule has 1 aromatic rings. The summed E-state index contributed by atoms with van der Waals surface area (Å²) in [4.78, 5) is 5.32. The van der Waals surface area contributed by atoms with Crippen molar-refractivity contribution in [1.29, 1.82) is 0 Å². The molecule has 0 saturated heterocycles. The maximum atomic E-state index is 9.71. The topological polar surface area (TPSA) is 41.5 Å². The van der Waals surface area contributed by atoms with Gasteiger partial charge in [-0.05, 0) is 25.3 Å². The van der Waals surface area contributed by atoms with Crippen molar-refractivity contribution in [1.82, 2.24) is 5.48 Å². The first-order valence-corrected chi connectivity index (χ1v) is 5.61. The quantitative estimate of drug-likeness (QED) is 0.573. The van der Waals surface area contributed by atoms with Crippen molar-refractivity contribution >= 4 is 0 Å². The van der Waals surface area contributed by atoms with Gasteiger partial charge in [0.1, 0.15) is 0 Å². The minimum atomic E-state index is -0.677. The zero-order valence-corrected chi connectivity index (χ0v) is 10.2. The molecule has 3 nitrogen and oxygen atoms in total. The molecular formula is C13H21NO2. The van der Waals surface area contributed by atoms with Crippen molar-refractivity contribution in [2.45, 2.75) is 33.0 Å². The van der Waals surface area contributed by atoms with Crippen molar-refractivity contribution in [3.8, 4) is 0 Å². The Hall–Kier alpha value is -0.900. The van der Waals surface area contributed by atoms with E-state index in [0.29, 0.717) is 13.2 Å². The van der Waals surface area contributed by atoms with Crippen LogP contribution in [0.25, 0.3) is 0 Å². The molecule has 16 heavy (non-hydrogen) atoms. The molecule has 1 aromatic carbocycles. The molecule has 0 radical (unpaired) electrons. The third-order valence-electron chi connectivity index (χ3n) is 2.78. The lowest BCUT2D eigenvalue weighted by atomic mass is 9.93. The molecule has 0 saturated carbocycles. The lowest BCUT2D eigenvalue weighted by Gasteiger charge is -2.25.